The van der Waals surface area contributed by atoms with Gasteiger partial charge in [0.15, 0.2) is 11.5 Å². The number of rotatable bonds is 5. The van der Waals surface area contributed by atoms with E-state index in [1.54, 1.807) is 24.3 Å². The Bertz CT molecular complexity index is 845. The number of fused-ring (bicyclic) bond motifs is 1. The van der Waals surface area contributed by atoms with Crippen molar-refractivity contribution < 1.29 is 18.7 Å². The van der Waals surface area contributed by atoms with Crippen molar-refractivity contribution in [2.75, 3.05) is 19.8 Å². The van der Waals surface area contributed by atoms with Crippen LogP contribution in [0.5, 0.6) is 11.5 Å². The molecule has 1 aliphatic rings. The van der Waals surface area contributed by atoms with E-state index in [4.69, 9.17) is 27.5 Å². The number of terminal acetylenes is 1. The molecule has 1 aliphatic heterocycles. The zero-order chi connectivity index (χ0) is 18.5. The number of hydrogen-bond donors (Lipinski definition) is 0. The van der Waals surface area contributed by atoms with Gasteiger partial charge in [0.1, 0.15) is 19.0 Å². The van der Waals surface area contributed by atoms with Crippen LogP contribution >= 0.6 is 11.6 Å². The van der Waals surface area contributed by atoms with Crippen molar-refractivity contribution in [2.24, 2.45) is 0 Å². The average Bonchev–Trinajstić information content (AvgIpc) is 2.63. The minimum Gasteiger partial charge on any atom is -0.486 e. The molecule has 0 aromatic heterocycles. The van der Waals surface area contributed by atoms with E-state index in [2.05, 4.69) is 5.92 Å². The van der Waals surface area contributed by atoms with Crippen LogP contribution in [-0.4, -0.2) is 30.6 Å². The van der Waals surface area contributed by atoms with Gasteiger partial charge < -0.3 is 14.4 Å². The maximum Gasteiger partial charge on any atom is 0.228 e. The fraction of sp³-hybridized carbons (Fsp3) is 0.250. The van der Waals surface area contributed by atoms with Gasteiger partial charge in [-0.05, 0) is 35.4 Å². The molecule has 2 aromatic carbocycles. The van der Waals surface area contributed by atoms with Crippen LogP contribution in [0.3, 0.4) is 0 Å². The Morgan fingerprint density at radius 1 is 1.19 bits per heavy atom. The van der Waals surface area contributed by atoms with Crippen molar-refractivity contribution in [1.29, 1.82) is 0 Å². The molecule has 1 heterocycles. The number of nitrogens with zero attached hydrogens (tertiary/aromatic N) is 1. The SMILES string of the molecule is C#CCN(Cc1ccc(F)cc1)C(=O)Cc1cc(Cl)c2c(c1)OCCO2. The lowest BCUT2D eigenvalue weighted by Gasteiger charge is -2.22. The van der Waals surface area contributed by atoms with Gasteiger partial charge in [-0.1, -0.05) is 29.7 Å². The molecule has 0 fully saturated rings. The van der Waals surface area contributed by atoms with Crippen LogP contribution in [0.25, 0.3) is 0 Å². The molecule has 26 heavy (non-hydrogen) atoms. The molecule has 0 saturated heterocycles. The summed E-state index contributed by atoms with van der Waals surface area (Å²) in [6, 6.07) is 9.42. The highest BCUT2D eigenvalue weighted by atomic mass is 35.5. The number of amides is 1. The minimum atomic E-state index is -0.325. The summed E-state index contributed by atoms with van der Waals surface area (Å²) in [7, 11) is 0. The first kappa shape index (κ1) is 18.1. The van der Waals surface area contributed by atoms with Gasteiger partial charge in [-0.2, -0.15) is 0 Å². The summed E-state index contributed by atoms with van der Waals surface area (Å²) in [5.41, 5.74) is 1.51. The molecule has 0 aliphatic carbocycles. The van der Waals surface area contributed by atoms with Gasteiger partial charge in [-0.25, -0.2) is 4.39 Å². The Balaban J connectivity index is 1.74. The molecular formula is C20H17ClFNO3. The van der Waals surface area contributed by atoms with Gasteiger partial charge in [-0.15, -0.1) is 6.42 Å². The summed E-state index contributed by atoms with van der Waals surface area (Å²) in [5.74, 6) is 3.05. The van der Waals surface area contributed by atoms with Gasteiger partial charge >= 0.3 is 0 Å². The van der Waals surface area contributed by atoms with Crippen molar-refractivity contribution in [3.63, 3.8) is 0 Å². The number of halogens is 2. The van der Waals surface area contributed by atoms with Crippen LogP contribution in [0, 0.1) is 18.2 Å². The first-order valence-corrected chi connectivity index (χ1v) is 8.48. The van der Waals surface area contributed by atoms with Gasteiger partial charge in [-0.3, -0.25) is 4.79 Å². The maximum atomic E-state index is 13.0. The van der Waals surface area contributed by atoms with Crippen molar-refractivity contribution in [2.45, 2.75) is 13.0 Å². The van der Waals surface area contributed by atoms with Crippen molar-refractivity contribution in [3.05, 3.63) is 58.4 Å². The molecule has 0 radical (unpaired) electrons. The van der Waals surface area contributed by atoms with Gasteiger partial charge in [0, 0.05) is 6.54 Å². The second-order valence-electron chi connectivity index (χ2n) is 5.86. The van der Waals surface area contributed by atoms with Crippen LogP contribution in [0.1, 0.15) is 11.1 Å². The molecule has 4 nitrogen and oxygen atoms in total. The Morgan fingerprint density at radius 3 is 2.65 bits per heavy atom. The van der Waals surface area contributed by atoms with E-state index in [0.717, 1.165) is 5.56 Å². The van der Waals surface area contributed by atoms with Crippen LogP contribution in [0.2, 0.25) is 5.02 Å². The van der Waals surface area contributed by atoms with Crippen LogP contribution in [0.15, 0.2) is 36.4 Å². The zero-order valence-corrected chi connectivity index (χ0v) is 14.8. The fourth-order valence-electron chi connectivity index (χ4n) is 2.71. The van der Waals surface area contributed by atoms with Crippen LogP contribution in [0.4, 0.5) is 4.39 Å². The molecule has 0 spiro atoms. The van der Waals surface area contributed by atoms with E-state index < -0.39 is 0 Å². The predicted octanol–water partition coefficient (Wildman–Crippen LogP) is 3.45. The summed E-state index contributed by atoms with van der Waals surface area (Å²) in [4.78, 5) is 14.2. The number of benzene rings is 2. The molecule has 3 rings (SSSR count). The number of hydrogen-bond acceptors (Lipinski definition) is 3. The largest absolute Gasteiger partial charge is 0.486 e. The molecule has 0 unspecified atom stereocenters. The van der Waals surface area contributed by atoms with E-state index in [1.807, 2.05) is 0 Å². The van der Waals surface area contributed by atoms with E-state index in [9.17, 15) is 9.18 Å². The first-order chi connectivity index (χ1) is 12.6. The number of carbonyl (C=O) groups is 1. The van der Waals surface area contributed by atoms with E-state index >= 15 is 0 Å². The number of ether oxygens (including phenoxy) is 2. The summed E-state index contributed by atoms with van der Waals surface area (Å²) in [6.45, 7) is 1.35. The Kier molecular flexibility index (Phi) is 5.65. The molecule has 1 amide bonds. The highest BCUT2D eigenvalue weighted by molar-refractivity contribution is 6.32. The predicted molar refractivity (Wildman–Crippen MR) is 96.8 cm³/mol. The Labute approximate surface area is 156 Å². The first-order valence-electron chi connectivity index (χ1n) is 8.10. The van der Waals surface area contributed by atoms with Crippen LogP contribution < -0.4 is 9.47 Å². The lowest BCUT2D eigenvalue weighted by Crippen LogP contribution is -2.32. The van der Waals surface area contributed by atoms with Crippen LogP contribution in [-0.2, 0) is 17.8 Å². The summed E-state index contributed by atoms with van der Waals surface area (Å²) in [5, 5.41) is 0.409. The minimum absolute atomic E-state index is 0.124. The molecule has 134 valence electrons. The second kappa shape index (κ2) is 8.11. The molecule has 0 N–H and O–H groups in total. The summed E-state index contributed by atoms with van der Waals surface area (Å²) < 4.78 is 24.1. The number of carbonyl (C=O) groups excluding carboxylic acids is 1. The molecule has 0 atom stereocenters. The summed E-state index contributed by atoms with van der Waals surface area (Å²) >= 11 is 6.22. The standard InChI is InChI=1S/C20H17ClFNO3/c1-2-7-23(13-14-3-5-16(22)6-4-14)19(24)12-15-10-17(21)20-18(11-15)25-8-9-26-20/h1,3-6,10-11H,7-9,12-13H2. The molecule has 2 aromatic rings. The Morgan fingerprint density at radius 2 is 1.92 bits per heavy atom. The third-order valence-corrected chi connectivity index (χ3v) is 4.21. The lowest BCUT2D eigenvalue weighted by atomic mass is 10.1. The zero-order valence-electron chi connectivity index (χ0n) is 14.0. The van der Waals surface area contributed by atoms with Gasteiger partial charge in [0.25, 0.3) is 0 Å². The van der Waals surface area contributed by atoms with E-state index in [0.29, 0.717) is 41.8 Å². The highest BCUT2D eigenvalue weighted by Crippen LogP contribution is 2.38. The van der Waals surface area contributed by atoms with Gasteiger partial charge in [0.05, 0.1) is 18.0 Å². The van der Waals surface area contributed by atoms with E-state index in [-0.39, 0.29) is 24.7 Å². The van der Waals surface area contributed by atoms with Crippen molar-refractivity contribution in [1.82, 2.24) is 4.90 Å². The summed E-state index contributed by atoms with van der Waals surface area (Å²) in [6.07, 6.45) is 5.52. The normalized spacial score (nSPS) is 12.3. The van der Waals surface area contributed by atoms with Crippen molar-refractivity contribution >= 4 is 17.5 Å². The molecular weight excluding hydrogens is 357 g/mol. The highest BCUT2D eigenvalue weighted by Gasteiger charge is 2.19. The molecule has 0 saturated carbocycles. The average molecular weight is 374 g/mol. The molecule has 0 bridgehead atoms. The maximum absolute atomic E-state index is 13.0. The Hall–Kier alpha value is -2.71. The van der Waals surface area contributed by atoms with Crippen molar-refractivity contribution in [3.8, 4) is 23.8 Å². The lowest BCUT2D eigenvalue weighted by molar-refractivity contribution is -0.130. The topological polar surface area (TPSA) is 38.8 Å². The monoisotopic (exact) mass is 373 g/mol. The van der Waals surface area contributed by atoms with E-state index in [1.165, 1.54) is 17.0 Å². The molecule has 6 heteroatoms. The third kappa shape index (κ3) is 4.27. The fourth-order valence-corrected chi connectivity index (χ4v) is 2.99. The van der Waals surface area contributed by atoms with Gasteiger partial charge in [0.2, 0.25) is 5.91 Å². The second-order valence-corrected chi connectivity index (χ2v) is 6.27. The third-order valence-electron chi connectivity index (χ3n) is 3.93. The quantitative estimate of drug-likeness (QED) is 0.753. The smallest absolute Gasteiger partial charge is 0.228 e.